The lowest BCUT2D eigenvalue weighted by atomic mass is 9.88. The molecule has 0 aromatic rings. The van der Waals surface area contributed by atoms with E-state index in [2.05, 4.69) is 37.9 Å². The summed E-state index contributed by atoms with van der Waals surface area (Å²) in [7, 11) is 0. The van der Waals surface area contributed by atoms with Gasteiger partial charge in [0, 0.05) is 25.7 Å². The second-order valence-electron chi connectivity index (χ2n) is 8.18. The second-order valence-corrected chi connectivity index (χ2v) is 8.18. The van der Waals surface area contributed by atoms with E-state index in [1.54, 1.807) is 0 Å². The van der Waals surface area contributed by atoms with Crippen LogP contribution in [-0.4, -0.2) is 37.1 Å². The van der Waals surface area contributed by atoms with Crippen molar-refractivity contribution in [2.24, 2.45) is 17.3 Å². The molecule has 1 saturated carbocycles. The summed E-state index contributed by atoms with van der Waals surface area (Å²) in [6.45, 7) is 14.4. The lowest BCUT2D eigenvalue weighted by Gasteiger charge is -2.39. The van der Waals surface area contributed by atoms with Gasteiger partial charge in [0.05, 0.1) is 0 Å². The minimum atomic E-state index is 0.402. The molecule has 2 unspecified atom stereocenters. The number of hydrogen-bond acceptors (Lipinski definition) is 2. The van der Waals surface area contributed by atoms with Gasteiger partial charge in [0.1, 0.15) is 0 Å². The average molecular weight is 266 g/mol. The molecule has 1 saturated heterocycles. The molecule has 2 heteroatoms. The van der Waals surface area contributed by atoms with E-state index in [1.807, 2.05) is 0 Å². The zero-order valence-corrected chi connectivity index (χ0v) is 13.5. The fourth-order valence-corrected chi connectivity index (χ4v) is 3.40. The molecule has 19 heavy (non-hydrogen) atoms. The maximum atomic E-state index is 3.83. The number of likely N-dealkylation sites (tertiary alicyclic amines) is 1. The molecule has 2 rings (SSSR count). The zero-order chi connectivity index (χ0) is 13.9. The first kappa shape index (κ1) is 15.3. The maximum absolute atomic E-state index is 3.83. The maximum Gasteiger partial charge on any atom is 0.0198 e. The summed E-state index contributed by atoms with van der Waals surface area (Å²) in [5.41, 5.74) is 0.402. The Balaban J connectivity index is 1.82. The summed E-state index contributed by atoms with van der Waals surface area (Å²) in [5.74, 6) is 2.03. The third-order valence-electron chi connectivity index (χ3n) is 4.44. The van der Waals surface area contributed by atoms with E-state index in [0.717, 1.165) is 24.4 Å². The van der Waals surface area contributed by atoms with Crippen LogP contribution in [0, 0.1) is 17.3 Å². The van der Waals surface area contributed by atoms with Gasteiger partial charge in [0.25, 0.3) is 0 Å². The van der Waals surface area contributed by atoms with Crippen LogP contribution in [0.4, 0.5) is 0 Å². The molecule has 0 aromatic carbocycles. The van der Waals surface area contributed by atoms with Crippen molar-refractivity contribution in [1.82, 2.24) is 10.2 Å². The minimum absolute atomic E-state index is 0.402. The molecule has 0 bridgehead atoms. The summed E-state index contributed by atoms with van der Waals surface area (Å²) in [6.07, 6.45) is 7.21. The zero-order valence-electron chi connectivity index (χ0n) is 13.5. The highest BCUT2D eigenvalue weighted by atomic mass is 15.2. The Kier molecular flexibility index (Phi) is 5.30. The Morgan fingerprint density at radius 1 is 1.11 bits per heavy atom. The van der Waals surface area contributed by atoms with Crippen LogP contribution in [0.3, 0.4) is 0 Å². The van der Waals surface area contributed by atoms with Crippen LogP contribution in [0.25, 0.3) is 0 Å². The van der Waals surface area contributed by atoms with Gasteiger partial charge >= 0.3 is 0 Å². The van der Waals surface area contributed by atoms with Crippen molar-refractivity contribution in [3.63, 3.8) is 0 Å². The summed E-state index contributed by atoms with van der Waals surface area (Å²) < 4.78 is 0. The first-order valence-corrected chi connectivity index (χ1v) is 8.42. The molecule has 2 atom stereocenters. The smallest absolute Gasteiger partial charge is 0.0198 e. The van der Waals surface area contributed by atoms with Gasteiger partial charge in [-0.05, 0) is 43.1 Å². The Morgan fingerprint density at radius 2 is 1.84 bits per heavy atom. The largest absolute Gasteiger partial charge is 0.312 e. The van der Waals surface area contributed by atoms with Crippen molar-refractivity contribution in [3.05, 3.63) is 0 Å². The third-order valence-corrected chi connectivity index (χ3v) is 4.44. The van der Waals surface area contributed by atoms with Gasteiger partial charge in [-0.1, -0.05) is 40.5 Å². The molecule has 112 valence electrons. The number of piperidine rings is 1. The van der Waals surface area contributed by atoms with Crippen LogP contribution in [0.15, 0.2) is 0 Å². The second kappa shape index (κ2) is 6.58. The lowest BCUT2D eigenvalue weighted by Crippen LogP contribution is -2.50. The van der Waals surface area contributed by atoms with Crippen LogP contribution in [0.5, 0.6) is 0 Å². The van der Waals surface area contributed by atoms with Gasteiger partial charge in [-0.2, -0.15) is 0 Å². The molecule has 1 aliphatic carbocycles. The highest BCUT2D eigenvalue weighted by Crippen LogP contribution is 2.37. The Hall–Kier alpha value is -0.0800. The average Bonchev–Trinajstić information content (AvgIpc) is 3.10. The molecule has 0 amide bonds. The van der Waals surface area contributed by atoms with Crippen molar-refractivity contribution < 1.29 is 0 Å². The molecular weight excluding hydrogens is 232 g/mol. The van der Waals surface area contributed by atoms with Crippen molar-refractivity contribution in [2.45, 2.75) is 65.8 Å². The fourth-order valence-electron chi connectivity index (χ4n) is 3.40. The quantitative estimate of drug-likeness (QED) is 0.791. The molecule has 2 fully saturated rings. The molecule has 2 nitrogen and oxygen atoms in total. The molecule has 1 N–H and O–H groups in total. The van der Waals surface area contributed by atoms with Crippen molar-refractivity contribution in [2.75, 3.05) is 26.2 Å². The Morgan fingerprint density at radius 3 is 2.42 bits per heavy atom. The van der Waals surface area contributed by atoms with E-state index in [0.29, 0.717) is 5.41 Å². The van der Waals surface area contributed by atoms with E-state index in [9.17, 15) is 0 Å². The first-order valence-electron chi connectivity index (χ1n) is 8.42. The minimum Gasteiger partial charge on any atom is -0.312 e. The topological polar surface area (TPSA) is 15.3 Å². The highest BCUT2D eigenvalue weighted by molar-refractivity contribution is 4.87. The van der Waals surface area contributed by atoms with Gasteiger partial charge < -0.3 is 10.2 Å². The summed E-state index contributed by atoms with van der Waals surface area (Å²) in [6, 6.07) is 0.725. The standard InChI is InChI=1S/C17H34N2/c1-5-8-19-11-15(9-14-6-7-14)10-16(12-19)18-13-17(2,3)4/h14-16,18H,5-13H2,1-4H3. The van der Waals surface area contributed by atoms with Crippen molar-refractivity contribution >= 4 is 0 Å². The Bertz CT molecular complexity index is 265. The molecule has 0 aromatic heterocycles. The van der Waals surface area contributed by atoms with E-state index >= 15 is 0 Å². The third kappa shape index (κ3) is 5.83. The monoisotopic (exact) mass is 266 g/mol. The van der Waals surface area contributed by atoms with Crippen molar-refractivity contribution in [3.8, 4) is 0 Å². The summed E-state index contributed by atoms with van der Waals surface area (Å²) in [4.78, 5) is 2.71. The van der Waals surface area contributed by atoms with Gasteiger partial charge in [-0.15, -0.1) is 0 Å². The molecule has 1 aliphatic heterocycles. The van der Waals surface area contributed by atoms with Gasteiger partial charge in [0.2, 0.25) is 0 Å². The van der Waals surface area contributed by atoms with Crippen LogP contribution >= 0.6 is 0 Å². The molecule has 0 spiro atoms. The van der Waals surface area contributed by atoms with Crippen LogP contribution in [-0.2, 0) is 0 Å². The predicted molar refractivity (Wildman–Crippen MR) is 83.4 cm³/mol. The fraction of sp³-hybridized carbons (Fsp3) is 1.00. The molecule has 1 heterocycles. The summed E-state index contributed by atoms with van der Waals surface area (Å²) >= 11 is 0. The van der Waals surface area contributed by atoms with E-state index < -0.39 is 0 Å². The SMILES string of the molecule is CCCN1CC(CC2CC2)CC(NCC(C)(C)C)C1. The first-order chi connectivity index (χ1) is 8.96. The van der Waals surface area contributed by atoms with Gasteiger partial charge in [0.15, 0.2) is 0 Å². The predicted octanol–water partition coefficient (Wildman–Crippen LogP) is 3.52. The van der Waals surface area contributed by atoms with Gasteiger partial charge in [-0.25, -0.2) is 0 Å². The van der Waals surface area contributed by atoms with Crippen LogP contribution in [0.2, 0.25) is 0 Å². The van der Waals surface area contributed by atoms with E-state index in [4.69, 9.17) is 0 Å². The lowest BCUT2D eigenvalue weighted by molar-refractivity contribution is 0.127. The van der Waals surface area contributed by atoms with Gasteiger partial charge in [-0.3, -0.25) is 0 Å². The molecule has 2 aliphatic rings. The van der Waals surface area contributed by atoms with E-state index in [-0.39, 0.29) is 0 Å². The summed E-state index contributed by atoms with van der Waals surface area (Å²) in [5, 5.41) is 3.83. The van der Waals surface area contributed by atoms with Crippen LogP contribution in [0.1, 0.15) is 59.8 Å². The van der Waals surface area contributed by atoms with E-state index in [1.165, 1.54) is 51.7 Å². The normalized spacial score (nSPS) is 29.7. The molecular formula is C17H34N2. The number of nitrogens with one attached hydrogen (secondary N) is 1. The number of rotatable bonds is 6. The number of nitrogens with zero attached hydrogens (tertiary/aromatic N) is 1. The van der Waals surface area contributed by atoms with Crippen molar-refractivity contribution in [1.29, 1.82) is 0 Å². The van der Waals surface area contributed by atoms with Crippen LogP contribution < -0.4 is 5.32 Å². The molecule has 0 radical (unpaired) electrons. The Labute approximate surface area is 120 Å². The highest BCUT2D eigenvalue weighted by Gasteiger charge is 2.32. The number of hydrogen-bond donors (Lipinski definition) is 1.